The number of amides is 1. The first-order valence-corrected chi connectivity index (χ1v) is 6.89. The number of aromatic nitrogens is 2. The molecular formula is C15H15N3O3. The number of aliphatic carboxylic acids is 1. The SMILES string of the molecule is O=C(O)C1CCN(C(=O)c2cnc3ccccc3n2)CC1. The van der Waals surface area contributed by atoms with Crippen molar-refractivity contribution in [2.24, 2.45) is 5.92 Å². The molecule has 1 amide bonds. The summed E-state index contributed by atoms with van der Waals surface area (Å²) in [6.45, 7) is 0.897. The van der Waals surface area contributed by atoms with Gasteiger partial charge >= 0.3 is 5.97 Å². The molecule has 0 spiro atoms. The first kappa shape index (κ1) is 13.5. The highest BCUT2D eigenvalue weighted by Gasteiger charge is 2.28. The third kappa shape index (κ3) is 2.69. The van der Waals surface area contributed by atoms with E-state index in [1.54, 1.807) is 4.90 Å². The molecule has 1 aromatic carbocycles. The molecule has 108 valence electrons. The summed E-state index contributed by atoms with van der Waals surface area (Å²) in [5.74, 6) is -1.32. The minimum Gasteiger partial charge on any atom is -0.481 e. The Morgan fingerprint density at radius 1 is 1.14 bits per heavy atom. The van der Waals surface area contributed by atoms with Crippen LogP contribution in [-0.4, -0.2) is 44.9 Å². The van der Waals surface area contributed by atoms with Crippen molar-refractivity contribution in [3.05, 3.63) is 36.2 Å². The van der Waals surface area contributed by atoms with Crippen LogP contribution in [0.2, 0.25) is 0 Å². The van der Waals surface area contributed by atoms with Gasteiger partial charge in [-0.05, 0) is 25.0 Å². The highest BCUT2D eigenvalue weighted by molar-refractivity contribution is 5.94. The summed E-state index contributed by atoms with van der Waals surface area (Å²) in [4.78, 5) is 33.5. The molecular weight excluding hydrogens is 270 g/mol. The summed E-state index contributed by atoms with van der Waals surface area (Å²) in [5, 5.41) is 8.97. The number of carboxylic acid groups (broad SMARTS) is 1. The Balaban J connectivity index is 1.76. The molecule has 0 bridgehead atoms. The monoisotopic (exact) mass is 285 g/mol. The molecule has 21 heavy (non-hydrogen) atoms. The van der Waals surface area contributed by atoms with Crippen molar-refractivity contribution in [2.75, 3.05) is 13.1 Å². The molecule has 2 aromatic rings. The summed E-state index contributed by atoms with van der Waals surface area (Å²) in [6, 6.07) is 7.38. The van der Waals surface area contributed by atoms with E-state index in [1.807, 2.05) is 24.3 Å². The van der Waals surface area contributed by atoms with Crippen molar-refractivity contribution in [1.29, 1.82) is 0 Å². The third-order valence-electron chi connectivity index (χ3n) is 3.80. The number of nitrogens with zero attached hydrogens (tertiary/aromatic N) is 3. The molecule has 0 saturated carbocycles. The predicted molar refractivity (Wildman–Crippen MR) is 75.8 cm³/mol. The lowest BCUT2D eigenvalue weighted by molar-refractivity contribution is -0.143. The van der Waals surface area contributed by atoms with Gasteiger partial charge in [0, 0.05) is 13.1 Å². The van der Waals surface area contributed by atoms with Gasteiger partial charge in [0.05, 0.1) is 23.1 Å². The quantitative estimate of drug-likeness (QED) is 0.905. The molecule has 6 nitrogen and oxygen atoms in total. The van der Waals surface area contributed by atoms with Crippen LogP contribution in [-0.2, 0) is 4.79 Å². The first-order chi connectivity index (χ1) is 10.1. The van der Waals surface area contributed by atoms with Crippen LogP contribution >= 0.6 is 0 Å². The van der Waals surface area contributed by atoms with Crippen LogP contribution in [0, 0.1) is 5.92 Å². The van der Waals surface area contributed by atoms with Gasteiger partial charge in [-0.2, -0.15) is 0 Å². The molecule has 1 aliphatic rings. The molecule has 1 N–H and O–H groups in total. The number of para-hydroxylation sites is 2. The third-order valence-corrected chi connectivity index (χ3v) is 3.80. The van der Waals surface area contributed by atoms with Crippen molar-refractivity contribution in [1.82, 2.24) is 14.9 Å². The molecule has 1 aliphatic heterocycles. The zero-order valence-corrected chi connectivity index (χ0v) is 11.4. The van der Waals surface area contributed by atoms with E-state index in [0.717, 1.165) is 5.52 Å². The smallest absolute Gasteiger partial charge is 0.306 e. The summed E-state index contributed by atoms with van der Waals surface area (Å²) in [7, 11) is 0. The molecule has 3 rings (SSSR count). The van der Waals surface area contributed by atoms with Gasteiger partial charge in [0.1, 0.15) is 5.69 Å². The number of hydrogen-bond acceptors (Lipinski definition) is 4. The Morgan fingerprint density at radius 3 is 2.48 bits per heavy atom. The van der Waals surface area contributed by atoms with E-state index < -0.39 is 5.97 Å². The van der Waals surface area contributed by atoms with Crippen molar-refractivity contribution < 1.29 is 14.7 Å². The van der Waals surface area contributed by atoms with Crippen LogP contribution in [0.1, 0.15) is 23.3 Å². The second kappa shape index (κ2) is 5.47. The molecule has 0 atom stereocenters. The molecule has 1 aromatic heterocycles. The van der Waals surface area contributed by atoms with Crippen LogP contribution in [0.3, 0.4) is 0 Å². The summed E-state index contributed by atoms with van der Waals surface area (Å²) >= 11 is 0. The molecule has 2 heterocycles. The van der Waals surface area contributed by atoms with E-state index in [9.17, 15) is 9.59 Å². The van der Waals surface area contributed by atoms with Crippen molar-refractivity contribution in [2.45, 2.75) is 12.8 Å². The normalized spacial score (nSPS) is 16.1. The predicted octanol–water partition coefficient (Wildman–Crippen LogP) is 1.57. The zero-order chi connectivity index (χ0) is 14.8. The van der Waals surface area contributed by atoms with E-state index in [0.29, 0.717) is 37.1 Å². The lowest BCUT2D eigenvalue weighted by Gasteiger charge is -2.29. The van der Waals surface area contributed by atoms with Gasteiger partial charge < -0.3 is 10.0 Å². The Bertz CT molecular complexity index is 693. The summed E-state index contributed by atoms with van der Waals surface area (Å²) < 4.78 is 0. The minimum atomic E-state index is -0.785. The Labute approximate surface area is 121 Å². The minimum absolute atomic E-state index is 0.183. The molecule has 0 aliphatic carbocycles. The Kier molecular flexibility index (Phi) is 3.51. The second-order valence-electron chi connectivity index (χ2n) is 5.15. The van der Waals surface area contributed by atoms with Gasteiger partial charge in [-0.15, -0.1) is 0 Å². The largest absolute Gasteiger partial charge is 0.481 e. The Morgan fingerprint density at radius 2 is 1.81 bits per heavy atom. The summed E-state index contributed by atoms with van der Waals surface area (Å²) in [6.07, 6.45) is 2.46. The highest BCUT2D eigenvalue weighted by atomic mass is 16.4. The van der Waals surface area contributed by atoms with Gasteiger partial charge in [0.25, 0.3) is 5.91 Å². The number of carbonyl (C=O) groups is 2. The number of fused-ring (bicyclic) bond motifs is 1. The maximum absolute atomic E-state index is 12.4. The van der Waals surface area contributed by atoms with Crippen molar-refractivity contribution in [3.63, 3.8) is 0 Å². The summed E-state index contributed by atoms with van der Waals surface area (Å²) in [5.41, 5.74) is 1.74. The van der Waals surface area contributed by atoms with Crippen molar-refractivity contribution in [3.8, 4) is 0 Å². The van der Waals surface area contributed by atoms with Crippen molar-refractivity contribution >= 4 is 22.9 Å². The van der Waals surface area contributed by atoms with Crippen LogP contribution in [0.25, 0.3) is 11.0 Å². The van der Waals surface area contributed by atoms with Gasteiger partial charge in [-0.1, -0.05) is 12.1 Å². The lowest BCUT2D eigenvalue weighted by atomic mass is 9.97. The van der Waals surface area contributed by atoms with E-state index in [1.165, 1.54) is 6.20 Å². The van der Waals surface area contributed by atoms with Gasteiger partial charge in [-0.3, -0.25) is 14.6 Å². The molecule has 6 heteroatoms. The van der Waals surface area contributed by atoms with Crippen LogP contribution < -0.4 is 0 Å². The number of piperidine rings is 1. The average molecular weight is 285 g/mol. The number of benzene rings is 1. The van der Waals surface area contributed by atoms with Gasteiger partial charge in [-0.25, -0.2) is 4.98 Å². The Hall–Kier alpha value is -2.50. The van der Waals surface area contributed by atoms with Crippen LogP contribution in [0.4, 0.5) is 0 Å². The van der Waals surface area contributed by atoms with Gasteiger partial charge in [0.15, 0.2) is 0 Å². The van der Waals surface area contributed by atoms with E-state index in [-0.39, 0.29) is 11.8 Å². The zero-order valence-electron chi connectivity index (χ0n) is 11.4. The molecule has 0 radical (unpaired) electrons. The van der Waals surface area contributed by atoms with Crippen LogP contribution in [0.15, 0.2) is 30.5 Å². The second-order valence-corrected chi connectivity index (χ2v) is 5.15. The van der Waals surface area contributed by atoms with E-state index in [2.05, 4.69) is 9.97 Å². The first-order valence-electron chi connectivity index (χ1n) is 6.89. The number of carboxylic acids is 1. The number of rotatable bonds is 2. The number of carbonyl (C=O) groups excluding carboxylic acids is 1. The fourth-order valence-corrected chi connectivity index (χ4v) is 2.55. The topological polar surface area (TPSA) is 83.4 Å². The molecule has 0 unspecified atom stereocenters. The highest BCUT2D eigenvalue weighted by Crippen LogP contribution is 2.19. The maximum atomic E-state index is 12.4. The maximum Gasteiger partial charge on any atom is 0.306 e. The van der Waals surface area contributed by atoms with Crippen LogP contribution in [0.5, 0.6) is 0 Å². The fourth-order valence-electron chi connectivity index (χ4n) is 2.55. The molecule has 1 saturated heterocycles. The van der Waals surface area contributed by atoms with E-state index in [4.69, 9.17) is 5.11 Å². The van der Waals surface area contributed by atoms with Gasteiger partial charge in [0.2, 0.25) is 0 Å². The standard InChI is InChI=1S/C15H15N3O3/c19-14(18-7-5-10(6-8-18)15(20)21)13-9-16-11-3-1-2-4-12(11)17-13/h1-4,9-10H,5-8H2,(H,20,21). The fraction of sp³-hybridized carbons (Fsp3) is 0.333. The number of hydrogen-bond donors (Lipinski definition) is 1. The van der Waals surface area contributed by atoms with E-state index >= 15 is 0 Å². The number of likely N-dealkylation sites (tertiary alicyclic amines) is 1. The molecule has 1 fully saturated rings. The average Bonchev–Trinajstić information content (AvgIpc) is 2.54. The lowest BCUT2D eigenvalue weighted by Crippen LogP contribution is -2.40.